The Morgan fingerprint density at radius 2 is 1.85 bits per heavy atom. The van der Waals surface area contributed by atoms with Crippen LogP contribution in [0.2, 0.25) is 0 Å². The molecule has 0 spiro atoms. The smallest absolute Gasteiger partial charge is 0.337 e. The summed E-state index contributed by atoms with van der Waals surface area (Å²) in [7, 11) is 0. The molecule has 8 heteroatoms. The van der Waals surface area contributed by atoms with Gasteiger partial charge in [0.1, 0.15) is 6.26 Å². The fourth-order valence-corrected chi connectivity index (χ4v) is 6.18. The zero-order chi connectivity index (χ0) is 29.5. The molecule has 2 aromatic heterocycles. The van der Waals surface area contributed by atoms with Gasteiger partial charge in [-0.3, -0.25) is 9.88 Å². The predicted octanol–water partition coefficient (Wildman–Crippen LogP) is 6.48. The van der Waals surface area contributed by atoms with E-state index in [0.717, 1.165) is 73.8 Å². The first-order valence-electron chi connectivity index (χ1n) is 14.7. The molecule has 0 bridgehead atoms. The molecule has 1 aromatic carbocycles. The van der Waals surface area contributed by atoms with Gasteiger partial charge in [0, 0.05) is 48.7 Å². The van der Waals surface area contributed by atoms with Gasteiger partial charge in [-0.1, -0.05) is 32.0 Å². The molecule has 0 unspecified atom stereocenters. The van der Waals surface area contributed by atoms with E-state index in [-0.39, 0.29) is 5.41 Å². The number of fused-ring (bicyclic) bond motifs is 1. The zero-order valence-electron chi connectivity index (χ0n) is 25.6. The lowest BCUT2D eigenvalue weighted by Crippen LogP contribution is -2.39. The molecule has 1 saturated heterocycles. The highest BCUT2D eigenvalue weighted by Gasteiger charge is 2.36. The Labute approximate surface area is 243 Å². The highest BCUT2D eigenvalue weighted by Crippen LogP contribution is 2.45. The lowest BCUT2D eigenvalue weighted by Gasteiger charge is -2.41. The third-order valence-electron chi connectivity index (χ3n) is 8.40. The fourth-order valence-electron chi connectivity index (χ4n) is 6.18. The SMILES string of the molecule is Cc1nc(C)c([C@H](OC(C)(C)C)C(=O)O)c(N2CCC(C)(C)CC2)c1-c1ccc2c(c1)CCN(Cc1ncco1)C2. The second kappa shape index (κ2) is 11.2. The number of oxazole rings is 1. The fraction of sp³-hybridized carbons (Fsp3) is 0.545. The van der Waals surface area contributed by atoms with Crippen LogP contribution in [0.1, 0.15) is 87.5 Å². The van der Waals surface area contributed by atoms with Crippen molar-refractivity contribution in [3.8, 4) is 11.1 Å². The van der Waals surface area contributed by atoms with E-state index in [1.165, 1.54) is 11.1 Å². The van der Waals surface area contributed by atoms with Crippen LogP contribution in [0.5, 0.6) is 0 Å². The molecule has 0 saturated carbocycles. The summed E-state index contributed by atoms with van der Waals surface area (Å²) < 4.78 is 11.7. The lowest BCUT2D eigenvalue weighted by molar-refractivity contribution is -0.160. The van der Waals surface area contributed by atoms with Crippen molar-refractivity contribution in [3.05, 3.63) is 64.6 Å². The van der Waals surface area contributed by atoms with E-state index < -0.39 is 17.7 Å². The number of aliphatic carboxylic acids is 1. The van der Waals surface area contributed by atoms with Crippen LogP contribution in [-0.4, -0.2) is 51.2 Å². The van der Waals surface area contributed by atoms with E-state index in [1.807, 2.05) is 34.6 Å². The number of rotatable bonds is 7. The van der Waals surface area contributed by atoms with Crippen LogP contribution in [0.3, 0.4) is 0 Å². The third-order valence-corrected chi connectivity index (χ3v) is 8.40. The Morgan fingerprint density at radius 1 is 1.12 bits per heavy atom. The molecule has 0 amide bonds. The summed E-state index contributed by atoms with van der Waals surface area (Å²) in [5.74, 6) is -0.256. The van der Waals surface area contributed by atoms with Crippen molar-refractivity contribution in [1.82, 2.24) is 14.9 Å². The van der Waals surface area contributed by atoms with Crippen LogP contribution in [0.25, 0.3) is 11.1 Å². The quantitative estimate of drug-likeness (QED) is 0.351. The number of hydrogen-bond acceptors (Lipinski definition) is 7. The van der Waals surface area contributed by atoms with Gasteiger partial charge in [0.15, 0.2) is 6.10 Å². The molecule has 5 rings (SSSR count). The van der Waals surface area contributed by atoms with E-state index in [1.54, 1.807) is 12.5 Å². The molecule has 41 heavy (non-hydrogen) atoms. The van der Waals surface area contributed by atoms with Gasteiger partial charge < -0.3 is 19.2 Å². The van der Waals surface area contributed by atoms with Crippen molar-refractivity contribution in [3.63, 3.8) is 0 Å². The summed E-state index contributed by atoms with van der Waals surface area (Å²) >= 11 is 0. The number of carbonyl (C=O) groups is 1. The van der Waals surface area contributed by atoms with Crippen LogP contribution in [-0.2, 0) is 29.0 Å². The van der Waals surface area contributed by atoms with Crippen molar-refractivity contribution in [2.24, 2.45) is 5.41 Å². The highest BCUT2D eigenvalue weighted by atomic mass is 16.5. The van der Waals surface area contributed by atoms with Crippen LogP contribution in [0.15, 0.2) is 35.1 Å². The van der Waals surface area contributed by atoms with Gasteiger partial charge in [-0.2, -0.15) is 0 Å². The van der Waals surface area contributed by atoms with Crippen LogP contribution in [0.4, 0.5) is 5.69 Å². The number of carboxylic acids is 1. The molecule has 0 radical (unpaired) electrons. The Morgan fingerprint density at radius 3 is 2.49 bits per heavy atom. The summed E-state index contributed by atoms with van der Waals surface area (Å²) in [5.41, 5.74) is 7.58. The molecule has 1 atom stereocenters. The lowest BCUT2D eigenvalue weighted by atomic mass is 9.81. The van der Waals surface area contributed by atoms with Gasteiger partial charge in [0.2, 0.25) is 5.89 Å². The summed E-state index contributed by atoms with van der Waals surface area (Å²) in [4.78, 5) is 26.7. The molecule has 220 valence electrons. The summed E-state index contributed by atoms with van der Waals surface area (Å²) in [5, 5.41) is 10.4. The monoisotopic (exact) mass is 560 g/mol. The maximum Gasteiger partial charge on any atom is 0.337 e. The summed E-state index contributed by atoms with van der Waals surface area (Å²) in [6.07, 6.45) is 5.19. The van der Waals surface area contributed by atoms with Gasteiger partial charge in [0.25, 0.3) is 0 Å². The number of anilines is 1. The first-order valence-corrected chi connectivity index (χ1v) is 14.7. The molecule has 1 fully saturated rings. The van der Waals surface area contributed by atoms with Crippen LogP contribution >= 0.6 is 0 Å². The second-order valence-electron chi connectivity index (χ2n) is 13.4. The largest absolute Gasteiger partial charge is 0.479 e. The second-order valence-corrected chi connectivity index (χ2v) is 13.4. The Kier molecular flexibility index (Phi) is 8.01. The number of carboxylic acid groups (broad SMARTS) is 1. The number of hydrogen-bond donors (Lipinski definition) is 1. The first-order chi connectivity index (χ1) is 19.3. The van der Waals surface area contributed by atoms with Gasteiger partial charge in [0.05, 0.1) is 24.0 Å². The molecule has 0 aliphatic carbocycles. The number of benzene rings is 1. The number of nitrogens with zero attached hydrogens (tertiary/aromatic N) is 4. The number of aromatic nitrogens is 2. The average Bonchev–Trinajstić information content (AvgIpc) is 3.39. The molecule has 4 heterocycles. The molecule has 1 N–H and O–H groups in total. The molecule has 2 aliphatic heterocycles. The van der Waals surface area contributed by atoms with Crippen molar-refractivity contribution in [2.45, 2.75) is 92.5 Å². The Balaban J connectivity index is 1.60. The van der Waals surface area contributed by atoms with E-state index >= 15 is 0 Å². The van der Waals surface area contributed by atoms with Gasteiger partial charge in [-0.25, -0.2) is 9.78 Å². The molecular weight excluding hydrogens is 516 g/mol. The van der Waals surface area contributed by atoms with E-state index in [4.69, 9.17) is 14.1 Å². The number of pyridine rings is 1. The predicted molar refractivity (Wildman–Crippen MR) is 160 cm³/mol. The molecular formula is C33H44N4O4. The average molecular weight is 561 g/mol. The number of aryl methyl sites for hydroxylation is 2. The van der Waals surface area contributed by atoms with E-state index in [2.05, 4.69) is 46.8 Å². The summed E-state index contributed by atoms with van der Waals surface area (Å²) in [6, 6.07) is 6.68. The first kappa shape index (κ1) is 29.3. The zero-order valence-corrected chi connectivity index (χ0v) is 25.6. The topological polar surface area (TPSA) is 91.9 Å². The van der Waals surface area contributed by atoms with Crippen molar-refractivity contribution in [1.29, 1.82) is 0 Å². The minimum Gasteiger partial charge on any atom is -0.479 e. The molecule has 8 nitrogen and oxygen atoms in total. The minimum absolute atomic E-state index is 0.255. The van der Waals surface area contributed by atoms with Crippen molar-refractivity contribution in [2.75, 3.05) is 24.5 Å². The minimum atomic E-state index is -1.12. The molecule has 2 aliphatic rings. The third kappa shape index (κ3) is 6.49. The number of piperidine rings is 1. The number of ether oxygens (including phenoxy) is 1. The van der Waals surface area contributed by atoms with Crippen LogP contribution in [0, 0.1) is 19.3 Å². The standard InChI is InChI=1S/C33H44N4O4/c1-21-27(24-8-9-25-19-36(14-10-23(25)18-24)20-26-34-13-17-40-26)29(37-15-11-33(6,7)12-16-37)28(22(2)35-21)30(31(38)39)41-32(3,4)5/h8-9,13,17-18,30H,10-12,14-16,19-20H2,1-7H3,(H,38,39)/t30-/m0/s1. The highest BCUT2D eigenvalue weighted by molar-refractivity contribution is 5.88. The van der Waals surface area contributed by atoms with Crippen LogP contribution < -0.4 is 4.90 Å². The normalized spacial score (nSPS) is 18.3. The van der Waals surface area contributed by atoms with Gasteiger partial charge in [-0.05, 0) is 76.0 Å². The van der Waals surface area contributed by atoms with Gasteiger partial charge >= 0.3 is 5.97 Å². The van der Waals surface area contributed by atoms with Crippen molar-refractivity contribution >= 4 is 11.7 Å². The maximum absolute atomic E-state index is 12.7. The Bertz CT molecular complexity index is 1400. The van der Waals surface area contributed by atoms with E-state index in [0.29, 0.717) is 17.8 Å². The molecule has 3 aromatic rings. The Hall–Kier alpha value is -3.23. The van der Waals surface area contributed by atoms with Gasteiger partial charge in [-0.15, -0.1) is 0 Å². The summed E-state index contributed by atoms with van der Waals surface area (Å²) in [6.45, 7) is 18.5. The van der Waals surface area contributed by atoms with E-state index in [9.17, 15) is 9.90 Å². The van der Waals surface area contributed by atoms with Crippen molar-refractivity contribution < 1.29 is 19.1 Å². The maximum atomic E-state index is 12.7.